The lowest BCUT2D eigenvalue weighted by atomic mass is 10.1. The minimum Gasteiger partial charge on any atom is -0.442 e. The molecule has 1 aromatic rings. The monoisotopic (exact) mass is 281 g/mol. The standard InChI is InChI=1S/C13H19N3O4/c1-8-6-14-7-9(15-8)10-5-11(17)20-16(10)12(18)19-13(2,3)4/h6-7,10-11,17H,5H2,1-4H3/t10-,11?/m0/s1. The Morgan fingerprint density at radius 2 is 2.20 bits per heavy atom. The van der Waals surface area contributed by atoms with E-state index in [4.69, 9.17) is 9.57 Å². The minimum absolute atomic E-state index is 0.234. The second kappa shape index (κ2) is 5.34. The minimum atomic E-state index is -1.06. The number of aliphatic hydroxyl groups excluding tert-OH is 1. The number of aliphatic hydroxyl groups is 1. The van der Waals surface area contributed by atoms with E-state index in [1.807, 2.05) is 0 Å². The SMILES string of the molecule is Cc1cncc([C@@H]2CC(O)ON2C(=O)OC(C)(C)C)n1. The quantitative estimate of drug-likeness (QED) is 0.843. The van der Waals surface area contributed by atoms with Crippen molar-refractivity contribution in [2.75, 3.05) is 0 Å². The van der Waals surface area contributed by atoms with Gasteiger partial charge in [0.2, 0.25) is 0 Å². The van der Waals surface area contributed by atoms with Gasteiger partial charge in [-0.1, -0.05) is 0 Å². The number of ether oxygens (including phenoxy) is 1. The summed E-state index contributed by atoms with van der Waals surface area (Å²) in [7, 11) is 0. The molecule has 1 aliphatic heterocycles. The molecule has 7 nitrogen and oxygen atoms in total. The first kappa shape index (κ1) is 14.7. The first-order valence-corrected chi connectivity index (χ1v) is 6.42. The van der Waals surface area contributed by atoms with Crippen LogP contribution in [0.5, 0.6) is 0 Å². The number of nitrogens with zero attached hydrogens (tertiary/aromatic N) is 3. The normalized spacial score (nSPS) is 22.9. The molecule has 1 fully saturated rings. The summed E-state index contributed by atoms with van der Waals surface area (Å²) in [6, 6.07) is -0.507. The molecular weight excluding hydrogens is 262 g/mol. The summed E-state index contributed by atoms with van der Waals surface area (Å²) in [5, 5.41) is 10.7. The number of hydrogen-bond acceptors (Lipinski definition) is 6. The van der Waals surface area contributed by atoms with E-state index in [0.29, 0.717) is 5.69 Å². The average molecular weight is 281 g/mol. The van der Waals surface area contributed by atoms with Crippen LogP contribution in [0.1, 0.15) is 44.6 Å². The van der Waals surface area contributed by atoms with Crippen molar-refractivity contribution in [1.29, 1.82) is 0 Å². The van der Waals surface area contributed by atoms with Crippen LogP contribution >= 0.6 is 0 Å². The van der Waals surface area contributed by atoms with E-state index < -0.39 is 24.0 Å². The van der Waals surface area contributed by atoms with Crippen molar-refractivity contribution in [3.05, 3.63) is 23.8 Å². The van der Waals surface area contributed by atoms with Crippen molar-refractivity contribution in [1.82, 2.24) is 15.0 Å². The number of hydroxylamine groups is 2. The highest BCUT2D eigenvalue weighted by Gasteiger charge is 2.40. The van der Waals surface area contributed by atoms with E-state index >= 15 is 0 Å². The van der Waals surface area contributed by atoms with E-state index in [-0.39, 0.29) is 6.42 Å². The summed E-state index contributed by atoms with van der Waals surface area (Å²) >= 11 is 0. The fourth-order valence-corrected chi connectivity index (χ4v) is 1.90. The zero-order valence-electron chi connectivity index (χ0n) is 12.0. The molecule has 1 unspecified atom stereocenters. The summed E-state index contributed by atoms with van der Waals surface area (Å²) in [6.07, 6.45) is 1.69. The van der Waals surface area contributed by atoms with Crippen LogP contribution in [0.4, 0.5) is 4.79 Å². The molecule has 1 saturated heterocycles. The molecule has 0 aliphatic carbocycles. The van der Waals surface area contributed by atoms with Gasteiger partial charge in [0.15, 0.2) is 6.29 Å². The van der Waals surface area contributed by atoms with Crippen molar-refractivity contribution < 1.29 is 19.5 Å². The molecule has 7 heteroatoms. The van der Waals surface area contributed by atoms with Gasteiger partial charge < -0.3 is 9.84 Å². The van der Waals surface area contributed by atoms with E-state index in [9.17, 15) is 9.90 Å². The fraction of sp³-hybridized carbons (Fsp3) is 0.615. The van der Waals surface area contributed by atoms with Gasteiger partial charge in [0, 0.05) is 12.6 Å². The van der Waals surface area contributed by atoms with Crippen LogP contribution in [0.25, 0.3) is 0 Å². The number of amides is 1. The lowest BCUT2D eigenvalue weighted by molar-refractivity contribution is -0.207. The maximum atomic E-state index is 12.1. The Morgan fingerprint density at radius 1 is 1.50 bits per heavy atom. The first-order valence-electron chi connectivity index (χ1n) is 6.42. The molecule has 2 rings (SSSR count). The second-order valence-electron chi connectivity index (χ2n) is 5.70. The lowest BCUT2D eigenvalue weighted by Gasteiger charge is -2.26. The number of rotatable bonds is 1. The van der Waals surface area contributed by atoms with Crippen LogP contribution in [0.3, 0.4) is 0 Å². The molecule has 20 heavy (non-hydrogen) atoms. The molecule has 0 bridgehead atoms. The number of carbonyl (C=O) groups is 1. The largest absolute Gasteiger partial charge is 0.442 e. The zero-order valence-corrected chi connectivity index (χ0v) is 12.0. The van der Waals surface area contributed by atoms with E-state index in [2.05, 4.69) is 9.97 Å². The molecule has 2 atom stereocenters. The molecular formula is C13H19N3O4. The zero-order chi connectivity index (χ0) is 14.9. The maximum absolute atomic E-state index is 12.1. The highest BCUT2D eigenvalue weighted by atomic mass is 16.8. The van der Waals surface area contributed by atoms with Crippen LogP contribution in [0.15, 0.2) is 12.4 Å². The molecule has 1 N–H and O–H groups in total. The predicted molar refractivity (Wildman–Crippen MR) is 69.3 cm³/mol. The van der Waals surface area contributed by atoms with Crippen LogP contribution in [0.2, 0.25) is 0 Å². The number of hydrogen-bond donors (Lipinski definition) is 1. The summed E-state index contributed by atoms with van der Waals surface area (Å²) in [5.74, 6) is 0. The Morgan fingerprint density at radius 3 is 2.80 bits per heavy atom. The lowest BCUT2D eigenvalue weighted by Crippen LogP contribution is -2.36. The van der Waals surface area contributed by atoms with Gasteiger partial charge in [-0.25, -0.2) is 9.63 Å². The summed E-state index contributed by atoms with van der Waals surface area (Å²) in [6.45, 7) is 7.09. The van der Waals surface area contributed by atoms with Crippen LogP contribution in [0, 0.1) is 6.92 Å². The van der Waals surface area contributed by atoms with Crippen molar-refractivity contribution in [2.45, 2.75) is 52.0 Å². The Kier molecular flexibility index (Phi) is 3.92. The Balaban J connectivity index is 2.21. The van der Waals surface area contributed by atoms with Crippen molar-refractivity contribution in [3.63, 3.8) is 0 Å². The highest BCUT2D eigenvalue weighted by Crippen LogP contribution is 2.33. The van der Waals surface area contributed by atoms with Gasteiger partial charge >= 0.3 is 6.09 Å². The van der Waals surface area contributed by atoms with Gasteiger partial charge in [0.05, 0.1) is 17.6 Å². The average Bonchev–Trinajstić information content (AvgIpc) is 2.69. The van der Waals surface area contributed by atoms with E-state index in [1.165, 1.54) is 0 Å². The summed E-state index contributed by atoms with van der Waals surface area (Å²) in [4.78, 5) is 25.6. The van der Waals surface area contributed by atoms with E-state index in [0.717, 1.165) is 10.8 Å². The number of aromatic nitrogens is 2. The van der Waals surface area contributed by atoms with Crippen LogP contribution in [-0.2, 0) is 9.57 Å². The first-order chi connectivity index (χ1) is 9.26. The van der Waals surface area contributed by atoms with Gasteiger partial charge in [-0.05, 0) is 27.7 Å². The highest BCUT2D eigenvalue weighted by molar-refractivity contribution is 5.67. The van der Waals surface area contributed by atoms with Crippen molar-refractivity contribution in [3.8, 4) is 0 Å². The van der Waals surface area contributed by atoms with Gasteiger partial charge in [0.25, 0.3) is 0 Å². The van der Waals surface area contributed by atoms with Gasteiger partial charge in [-0.2, -0.15) is 5.06 Å². The predicted octanol–water partition coefficient (Wildman–Crippen LogP) is 1.72. The topological polar surface area (TPSA) is 84.8 Å². The number of aryl methyl sites for hydroxylation is 1. The Bertz CT molecular complexity index is 501. The Hall–Kier alpha value is -1.73. The van der Waals surface area contributed by atoms with Gasteiger partial charge in [0.1, 0.15) is 11.6 Å². The van der Waals surface area contributed by atoms with E-state index in [1.54, 1.807) is 40.1 Å². The molecule has 0 radical (unpaired) electrons. The molecule has 1 aromatic heterocycles. The molecule has 0 saturated carbocycles. The third-order valence-electron chi connectivity index (χ3n) is 2.63. The third kappa shape index (κ3) is 3.43. The van der Waals surface area contributed by atoms with Gasteiger partial charge in [-0.3, -0.25) is 9.97 Å². The third-order valence-corrected chi connectivity index (χ3v) is 2.63. The second-order valence-corrected chi connectivity index (χ2v) is 5.70. The smallest absolute Gasteiger partial charge is 0.435 e. The van der Waals surface area contributed by atoms with Crippen molar-refractivity contribution >= 4 is 6.09 Å². The summed E-state index contributed by atoms with van der Waals surface area (Å²) in [5.41, 5.74) is 0.650. The molecule has 0 spiro atoms. The number of carbonyl (C=O) groups excluding carboxylic acids is 1. The summed E-state index contributed by atoms with van der Waals surface area (Å²) < 4.78 is 5.25. The molecule has 110 valence electrons. The fourth-order valence-electron chi connectivity index (χ4n) is 1.90. The van der Waals surface area contributed by atoms with Gasteiger partial charge in [-0.15, -0.1) is 0 Å². The van der Waals surface area contributed by atoms with Crippen LogP contribution in [-0.4, -0.2) is 38.1 Å². The van der Waals surface area contributed by atoms with Crippen LogP contribution < -0.4 is 0 Å². The Labute approximate surface area is 117 Å². The molecule has 0 aromatic carbocycles. The molecule has 1 amide bonds. The van der Waals surface area contributed by atoms with Crippen molar-refractivity contribution in [2.24, 2.45) is 0 Å². The molecule has 1 aliphatic rings. The maximum Gasteiger partial charge on any atom is 0.435 e. The molecule has 2 heterocycles.